The smallest absolute Gasteiger partial charge is 0.323 e. The number of hydrogen-bond acceptors (Lipinski definition) is 5. The van der Waals surface area contributed by atoms with Crippen molar-refractivity contribution in [1.82, 2.24) is 5.32 Å². The fraction of sp³-hybridized carbons (Fsp3) is 0.375. The van der Waals surface area contributed by atoms with Gasteiger partial charge < -0.3 is 25.0 Å². The lowest BCUT2D eigenvalue weighted by atomic mass is 10.0. The van der Waals surface area contributed by atoms with Crippen molar-refractivity contribution < 1.29 is 18.7 Å². The molecule has 7 nitrogen and oxygen atoms in total. The van der Waals surface area contributed by atoms with E-state index in [0.717, 1.165) is 51.4 Å². The molecule has 3 N–H and O–H groups in total. The molecule has 1 unspecified atom stereocenters. The minimum atomic E-state index is -2.10. The van der Waals surface area contributed by atoms with Crippen molar-refractivity contribution in [1.29, 1.82) is 0 Å². The topological polar surface area (TPSA) is 86.1 Å². The lowest BCUT2D eigenvalue weighted by molar-refractivity contribution is -0.180. The number of para-hydroxylation sites is 1. The second-order valence-electron chi connectivity index (χ2n) is 14.8. The molecule has 2 atom stereocenters. The molecule has 48 heavy (non-hydrogen) atoms. The summed E-state index contributed by atoms with van der Waals surface area (Å²) in [5.41, 5.74) is 12.7. The molecule has 0 spiro atoms. The van der Waals surface area contributed by atoms with Crippen LogP contribution in [-0.4, -0.2) is 32.7 Å². The number of urea groups is 1. The Kier molecular flexibility index (Phi) is 10.5. The monoisotopic (exact) mass is 665 g/mol. The lowest BCUT2D eigenvalue weighted by Gasteiger charge is -2.40. The van der Waals surface area contributed by atoms with Gasteiger partial charge in [0.25, 0.3) is 0 Å². The summed E-state index contributed by atoms with van der Waals surface area (Å²) in [5.74, 6) is 0.221. The zero-order chi connectivity index (χ0) is 34.7. The SMILES string of the molecule is CC(Cc1cccc(N(C(N)=O)c2ccccc2-c2ccccc2)c1)NC[C@H](O[Si](C)(C)C(C)(C)C)c1ccc2c(c1)COC(C)(C)O2. The van der Waals surface area contributed by atoms with Crippen LogP contribution in [-0.2, 0) is 22.2 Å². The van der Waals surface area contributed by atoms with Crippen LogP contribution in [0.1, 0.15) is 64.3 Å². The number of nitrogens with two attached hydrogens (primary N) is 1. The second kappa shape index (κ2) is 14.3. The average molecular weight is 666 g/mol. The van der Waals surface area contributed by atoms with Gasteiger partial charge in [0, 0.05) is 37.6 Å². The molecule has 5 rings (SSSR count). The molecular weight excluding hydrogens is 615 g/mol. The van der Waals surface area contributed by atoms with Gasteiger partial charge in [0.15, 0.2) is 8.32 Å². The maximum atomic E-state index is 12.9. The minimum absolute atomic E-state index is 0.0627. The third-order valence-corrected chi connectivity index (χ3v) is 13.9. The van der Waals surface area contributed by atoms with E-state index in [2.05, 4.69) is 70.4 Å². The number of ether oxygens (including phenoxy) is 2. The van der Waals surface area contributed by atoms with Crippen molar-refractivity contribution in [3.05, 3.63) is 114 Å². The highest BCUT2D eigenvalue weighted by molar-refractivity contribution is 6.74. The molecule has 0 bridgehead atoms. The maximum Gasteiger partial charge on any atom is 0.323 e. The molecule has 2 amide bonds. The molecule has 0 saturated heterocycles. The van der Waals surface area contributed by atoms with Gasteiger partial charge in [-0.1, -0.05) is 87.5 Å². The van der Waals surface area contributed by atoms with E-state index >= 15 is 0 Å². The van der Waals surface area contributed by atoms with Crippen molar-refractivity contribution in [2.75, 3.05) is 11.4 Å². The molecular formula is C40H51N3O4Si. The van der Waals surface area contributed by atoms with Gasteiger partial charge in [0.1, 0.15) is 5.75 Å². The first-order chi connectivity index (χ1) is 22.6. The first kappa shape index (κ1) is 35.4. The van der Waals surface area contributed by atoms with E-state index in [0.29, 0.717) is 13.2 Å². The Hall–Kier alpha value is -3.95. The van der Waals surface area contributed by atoms with Gasteiger partial charge in [-0.3, -0.25) is 4.90 Å². The summed E-state index contributed by atoms with van der Waals surface area (Å²) in [6.07, 6.45) is 0.619. The molecule has 4 aromatic rings. The third kappa shape index (κ3) is 8.36. The number of benzene rings is 4. The first-order valence-electron chi connectivity index (χ1n) is 16.8. The highest BCUT2D eigenvalue weighted by atomic mass is 28.4. The van der Waals surface area contributed by atoms with Crippen molar-refractivity contribution in [3.63, 3.8) is 0 Å². The molecule has 1 heterocycles. The first-order valence-corrected chi connectivity index (χ1v) is 19.7. The van der Waals surface area contributed by atoms with Crippen molar-refractivity contribution in [3.8, 4) is 16.9 Å². The summed E-state index contributed by atoms with van der Waals surface area (Å²) >= 11 is 0. The van der Waals surface area contributed by atoms with Gasteiger partial charge in [-0.2, -0.15) is 0 Å². The van der Waals surface area contributed by atoms with Crippen LogP contribution in [0.2, 0.25) is 18.1 Å². The second-order valence-corrected chi connectivity index (χ2v) is 19.5. The molecule has 1 aliphatic heterocycles. The van der Waals surface area contributed by atoms with Crippen molar-refractivity contribution in [2.45, 2.75) is 90.6 Å². The number of carbonyl (C=O) groups is 1. The number of nitrogens with one attached hydrogen (secondary N) is 1. The van der Waals surface area contributed by atoms with Gasteiger partial charge in [-0.05, 0) is 78.5 Å². The Morgan fingerprint density at radius 2 is 1.69 bits per heavy atom. The van der Waals surface area contributed by atoms with E-state index in [9.17, 15) is 4.79 Å². The molecule has 0 aliphatic carbocycles. The van der Waals surface area contributed by atoms with Crippen LogP contribution in [0, 0.1) is 0 Å². The van der Waals surface area contributed by atoms with Crippen molar-refractivity contribution >= 4 is 25.7 Å². The summed E-state index contributed by atoms with van der Waals surface area (Å²) in [7, 11) is -2.10. The lowest BCUT2D eigenvalue weighted by Crippen LogP contribution is -2.44. The summed E-state index contributed by atoms with van der Waals surface area (Å²) in [6.45, 7) is 18.6. The highest BCUT2D eigenvalue weighted by Gasteiger charge is 2.40. The van der Waals surface area contributed by atoms with Crippen LogP contribution in [0.15, 0.2) is 97.1 Å². The molecule has 0 fully saturated rings. The predicted octanol–water partition coefficient (Wildman–Crippen LogP) is 9.50. The van der Waals surface area contributed by atoms with E-state index in [1.54, 1.807) is 4.90 Å². The Morgan fingerprint density at radius 1 is 0.979 bits per heavy atom. The molecule has 8 heteroatoms. The fourth-order valence-electron chi connectivity index (χ4n) is 5.79. The Bertz CT molecular complexity index is 1720. The number of nitrogens with zero attached hydrogens (tertiary/aromatic N) is 1. The number of amides is 2. The van der Waals surface area contributed by atoms with Gasteiger partial charge in [0.05, 0.1) is 24.1 Å². The van der Waals surface area contributed by atoms with Gasteiger partial charge in [0.2, 0.25) is 5.79 Å². The molecule has 4 aromatic carbocycles. The Morgan fingerprint density at radius 3 is 2.40 bits per heavy atom. The Balaban J connectivity index is 1.35. The van der Waals surface area contributed by atoms with Crippen molar-refractivity contribution in [2.24, 2.45) is 5.73 Å². The zero-order valence-electron chi connectivity index (χ0n) is 29.7. The number of primary amides is 1. The number of carbonyl (C=O) groups excluding carboxylic acids is 1. The summed E-state index contributed by atoms with van der Waals surface area (Å²) in [4.78, 5) is 14.5. The number of hydrogen-bond donors (Lipinski definition) is 2. The largest absolute Gasteiger partial charge is 0.463 e. The highest BCUT2D eigenvalue weighted by Crippen LogP contribution is 2.41. The van der Waals surface area contributed by atoms with Gasteiger partial charge >= 0.3 is 6.03 Å². The average Bonchev–Trinajstić information content (AvgIpc) is 3.03. The normalized spacial score (nSPS) is 15.6. The van der Waals surface area contributed by atoms with Gasteiger partial charge in [-0.25, -0.2) is 4.79 Å². The zero-order valence-corrected chi connectivity index (χ0v) is 30.7. The predicted molar refractivity (Wildman–Crippen MR) is 198 cm³/mol. The van der Waals surface area contributed by atoms with E-state index in [1.165, 1.54) is 0 Å². The molecule has 1 aliphatic rings. The molecule has 0 saturated carbocycles. The standard InChI is InChI=1S/C40H51N3O4Si/c1-28(42-26-37(47-48(7,8)39(2,3)4)31-21-22-36-32(25-31)27-45-40(5,6)46-36)23-29-15-14-18-33(24-29)43(38(41)44)35-20-13-12-19-34(35)30-16-10-9-11-17-30/h9-22,24-25,28,37,42H,23,26-27H2,1-8H3,(H2,41,44)/t28?,37-/m0/s1. The molecule has 254 valence electrons. The molecule has 0 aromatic heterocycles. The van der Waals surface area contributed by atoms with E-state index in [1.807, 2.05) is 86.6 Å². The Labute approximate surface area is 287 Å². The number of anilines is 2. The quantitative estimate of drug-likeness (QED) is 0.156. The molecule has 0 radical (unpaired) electrons. The number of rotatable bonds is 11. The summed E-state index contributed by atoms with van der Waals surface area (Å²) in [5, 5.41) is 3.82. The van der Waals surface area contributed by atoms with Crippen LogP contribution in [0.25, 0.3) is 11.1 Å². The summed E-state index contributed by atoms with van der Waals surface area (Å²) < 4.78 is 19.0. The van der Waals surface area contributed by atoms with Crippen LogP contribution in [0.3, 0.4) is 0 Å². The van der Waals surface area contributed by atoms with Crippen LogP contribution in [0.4, 0.5) is 16.2 Å². The van der Waals surface area contributed by atoms with Crippen LogP contribution < -0.4 is 20.7 Å². The number of fused-ring (bicyclic) bond motifs is 1. The summed E-state index contributed by atoms with van der Waals surface area (Å²) in [6, 6.07) is 31.9. The van der Waals surface area contributed by atoms with Crippen LogP contribution >= 0.6 is 0 Å². The van der Waals surface area contributed by atoms with Crippen LogP contribution in [0.5, 0.6) is 5.75 Å². The van der Waals surface area contributed by atoms with E-state index in [-0.39, 0.29) is 17.2 Å². The van der Waals surface area contributed by atoms with E-state index < -0.39 is 20.1 Å². The fourth-order valence-corrected chi connectivity index (χ4v) is 7.07. The third-order valence-electron chi connectivity index (χ3n) is 9.44. The van der Waals surface area contributed by atoms with E-state index in [4.69, 9.17) is 19.6 Å². The minimum Gasteiger partial charge on any atom is -0.463 e. The van der Waals surface area contributed by atoms with Gasteiger partial charge in [-0.15, -0.1) is 0 Å². The maximum absolute atomic E-state index is 12.9.